The molecule has 0 fully saturated rings. The first-order valence-corrected chi connectivity index (χ1v) is 6.86. The minimum Gasteiger partial charge on any atom is -0.465 e. The van der Waals surface area contributed by atoms with Crippen LogP contribution < -0.4 is 4.72 Å². The van der Waals surface area contributed by atoms with E-state index in [1.807, 2.05) is 0 Å². The van der Waals surface area contributed by atoms with E-state index >= 15 is 0 Å². The third-order valence-electron chi connectivity index (χ3n) is 2.57. The number of halogens is 4. The molecule has 0 atom stereocenters. The van der Waals surface area contributed by atoms with Crippen molar-refractivity contribution in [2.24, 2.45) is 0 Å². The minimum atomic E-state index is -4.50. The Kier molecular flexibility index (Phi) is 4.82. The summed E-state index contributed by atoms with van der Waals surface area (Å²) in [4.78, 5) is -0.512. The summed E-state index contributed by atoms with van der Waals surface area (Å²) >= 11 is 0. The number of rotatable bonds is 6. The zero-order valence-electron chi connectivity index (χ0n) is 10.6. The molecular weight excluding hydrogens is 306 g/mol. The van der Waals surface area contributed by atoms with Gasteiger partial charge in [-0.05, 0) is 13.8 Å². The van der Waals surface area contributed by atoms with Crippen molar-refractivity contribution in [3.8, 4) is 0 Å². The van der Waals surface area contributed by atoms with E-state index in [0.717, 1.165) is 0 Å². The second-order valence-electron chi connectivity index (χ2n) is 4.07. The number of nitrogens with one attached hydrogen (secondary N) is 1. The molecule has 0 aliphatic heterocycles. The number of hydrogen-bond donors (Lipinski definition) is 2. The van der Waals surface area contributed by atoms with E-state index < -0.39 is 40.4 Å². The standard InChI is InChI=1S/C10H13F4NO4S/c1-5-7(3-16)8(6(2)19-5)20(17,18)15-4-10(13,14)9(11)12/h9,15-16H,3-4H2,1-2H3. The molecule has 116 valence electrons. The molecule has 0 aliphatic rings. The molecule has 1 rings (SSSR count). The highest BCUT2D eigenvalue weighted by Crippen LogP contribution is 2.27. The van der Waals surface area contributed by atoms with E-state index in [1.54, 1.807) is 0 Å². The maximum atomic E-state index is 12.7. The van der Waals surface area contributed by atoms with E-state index in [-0.39, 0.29) is 17.1 Å². The van der Waals surface area contributed by atoms with Crippen molar-refractivity contribution in [2.75, 3.05) is 6.54 Å². The summed E-state index contributed by atoms with van der Waals surface area (Å²) in [5.74, 6) is -4.51. The lowest BCUT2D eigenvalue weighted by atomic mass is 10.2. The lowest BCUT2D eigenvalue weighted by molar-refractivity contribution is -0.122. The van der Waals surface area contributed by atoms with Crippen molar-refractivity contribution in [1.29, 1.82) is 0 Å². The average molecular weight is 319 g/mol. The molecule has 0 bridgehead atoms. The van der Waals surface area contributed by atoms with Crippen LogP contribution in [0, 0.1) is 13.8 Å². The average Bonchev–Trinajstić information content (AvgIpc) is 2.61. The molecule has 0 radical (unpaired) electrons. The molecule has 1 heterocycles. The van der Waals surface area contributed by atoms with Crippen LogP contribution in [0.25, 0.3) is 0 Å². The lowest BCUT2D eigenvalue weighted by Crippen LogP contribution is -2.41. The zero-order chi connectivity index (χ0) is 15.7. The second-order valence-corrected chi connectivity index (χ2v) is 5.77. The first-order chi connectivity index (χ1) is 9.03. The highest BCUT2D eigenvalue weighted by atomic mass is 32.2. The van der Waals surface area contributed by atoms with E-state index in [0.29, 0.717) is 0 Å². The first-order valence-electron chi connectivity index (χ1n) is 5.38. The van der Waals surface area contributed by atoms with Crippen molar-refractivity contribution < 1.29 is 35.5 Å². The Bertz CT molecular complexity index is 582. The molecule has 0 unspecified atom stereocenters. The van der Waals surface area contributed by atoms with Crippen LogP contribution in [0.4, 0.5) is 17.6 Å². The fourth-order valence-corrected chi connectivity index (χ4v) is 3.06. The van der Waals surface area contributed by atoms with Crippen molar-refractivity contribution in [3.05, 3.63) is 17.1 Å². The maximum absolute atomic E-state index is 12.7. The Morgan fingerprint density at radius 3 is 2.30 bits per heavy atom. The summed E-state index contributed by atoms with van der Waals surface area (Å²) in [6.07, 6.45) is -3.99. The van der Waals surface area contributed by atoms with Gasteiger partial charge in [-0.1, -0.05) is 0 Å². The molecule has 20 heavy (non-hydrogen) atoms. The van der Waals surface area contributed by atoms with E-state index in [4.69, 9.17) is 9.52 Å². The molecule has 0 amide bonds. The van der Waals surface area contributed by atoms with Gasteiger partial charge in [0.2, 0.25) is 10.0 Å². The topological polar surface area (TPSA) is 79.5 Å². The van der Waals surface area contributed by atoms with Crippen LogP contribution in [0.2, 0.25) is 0 Å². The number of aliphatic hydroxyl groups is 1. The highest BCUT2D eigenvalue weighted by Gasteiger charge is 2.42. The van der Waals surface area contributed by atoms with Crippen molar-refractivity contribution in [2.45, 2.75) is 37.7 Å². The van der Waals surface area contributed by atoms with Gasteiger partial charge in [0.05, 0.1) is 13.2 Å². The number of sulfonamides is 1. The SMILES string of the molecule is Cc1oc(C)c(S(=O)(=O)NCC(F)(F)C(F)F)c1CO. The van der Waals surface area contributed by atoms with Crippen LogP contribution >= 0.6 is 0 Å². The van der Waals surface area contributed by atoms with E-state index in [2.05, 4.69) is 0 Å². The van der Waals surface area contributed by atoms with Crippen LogP contribution in [-0.4, -0.2) is 32.4 Å². The molecule has 0 saturated carbocycles. The molecule has 5 nitrogen and oxygen atoms in total. The second kappa shape index (κ2) is 5.70. The molecule has 0 aliphatic carbocycles. The van der Waals surface area contributed by atoms with Crippen molar-refractivity contribution in [1.82, 2.24) is 4.72 Å². The molecule has 0 spiro atoms. The van der Waals surface area contributed by atoms with Gasteiger partial charge in [-0.2, -0.15) is 8.78 Å². The lowest BCUT2D eigenvalue weighted by Gasteiger charge is -2.16. The Morgan fingerprint density at radius 2 is 1.85 bits per heavy atom. The quantitative estimate of drug-likeness (QED) is 0.780. The number of aliphatic hydroxyl groups excluding tert-OH is 1. The third kappa shape index (κ3) is 3.30. The fraction of sp³-hybridized carbons (Fsp3) is 0.600. The summed E-state index contributed by atoms with van der Waals surface area (Å²) < 4.78 is 79.5. The normalized spacial score (nSPS) is 13.2. The predicted octanol–water partition coefficient (Wildman–Crippen LogP) is 1.57. The Morgan fingerprint density at radius 1 is 1.30 bits per heavy atom. The molecule has 2 N–H and O–H groups in total. The summed E-state index contributed by atoms with van der Waals surface area (Å²) in [5.41, 5.74) is -0.102. The first kappa shape index (κ1) is 16.9. The Hall–Kier alpha value is -1.13. The van der Waals surface area contributed by atoms with Gasteiger partial charge in [0, 0.05) is 5.56 Å². The minimum absolute atomic E-state index is 0.102. The van der Waals surface area contributed by atoms with Crippen molar-refractivity contribution in [3.63, 3.8) is 0 Å². The summed E-state index contributed by atoms with van der Waals surface area (Å²) in [6, 6.07) is 0. The Balaban J connectivity index is 3.07. The van der Waals surface area contributed by atoms with E-state index in [9.17, 15) is 26.0 Å². The van der Waals surface area contributed by atoms with Gasteiger partial charge in [-0.25, -0.2) is 21.9 Å². The van der Waals surface area contributed by atoms with Crippen LogP contribution in [0.15, 0.2) is 9.31 Å². The van der Waals surface area contributed by atoms with Gasteiger partial charge in [0.25, 0.3) is 0 Å². The van der Waals surface area contributed by atoms with Crippen molar-refractivity contribution >= 4 is 10.0 Å². The number of furan rings is 1. The largest absolute Gasteiger partial charge is 0.465 e. The van der Waals surface area contributed by atoms with Gasteiger partial charge in [-0.15, -0.1) is 0 Å². The van der Waals surface area contributed by atoms with Gasteiger partial charge < -0.3 is 9.52 Å². The molecule has 0 aromatic carbocycles. The summed E-state index contributed by atoms with van der Waals surface area (Å²) in [6.45, 7) is 0.198. The van der Waals surface area contributed by atoms with Crippen LogP contribution in [0.1, 0.15) is 17.1 Å². The van der Waals surface area contributed by atoms with Gasteiger partial charge >= 0.3 is 12.3 Å². The number of hydrogen-bond acceptors (Lipinski definition) is 4. The monoisotopic (exact) mass is 319 g/mol. The fourth-order valence-electron chi connectivity index (χ4n) is 1.59. The maximum Gasteiger partial charge on any atom is 0.320 e. The molecular formula is C10H13F4NO4S. The zero-order valence-corrected chi connectivity index (χ0v) is 11.4. The van der Waals surface area contributed by atoms with Gasteiger partial charge in [0.1, 0.15) is 16.4 Å². The Labute approximate surface area is 112 Å². The molecule has 1 aromatic heterocycles. The summed E-state index contributed by atoms with van der Waals surface area (Å²) in [7, 11) is -4.50. The van der Waals surface area contributed by atoms with E-state index in [1.165, 1.54) is 18.6 Å². The number of aryl methyl sites for hydroxylation is 2. The number of alkyl halides is 4. The van der Waals surface area contributed by atoms with Gasteiger partial charge in [0.15, 0.2) is 0 Å². The van der Waals surface area contributed by atoms with Gasteiger partial charge in [-0.3, -0.25) is 0 Å². The molecule has 1 aromatic rings. The van der Waals surface area contributed by atoms with Crippen LogP contribution in [0.5, 0.6) is 0 Å². The molecule has 0 saturated heterocycles. The van der Waals surface area contributed by atoms with Crippen LogP contribution in [0.3, 0.4) is 0 Å². The predicted molar refractivity (Wildman–Crippen MR) is 60.2 cm³/mol. The third-order valence-corrected chi connectivity index (χ3v) is 4.16. The summed E-state index contributed by atoms with van der Waals surface area (Å²) in [5, 5.41) is 9.07. The highest BCUT2D eigenvalue weighted by molar-refractivity contribution is 7.89. The van der Waals surface area contributed by atoms with Crippen LogP contribution in [-0.2, 0) is 16.6 Å². The molecule has 10 heteroatoms. The smallest absolute Gasteiger partial charge is 0.320 e.